The molecular weight excluding hydrogens is 781 g/mol. The van der Waals surface area contributed by atoms with Crippen molar-refractivity contribution in [2.75, 3.05) is 0 Å². The van der Waals surface area contributed by atoms with E-state index in [1.54, 1.807) is 0 Å². The SMILES string of the molecule is c1ccc(-c2nc(-c3ccc(-n4c5ccccc5c5c6c7ccccc7n(-c7ccc(-c8nc(-c9ccccc9)c9ccccc9n8)cc7)c6ccc54)cc3)nc3ccccc23)cc1. The fraction of sp³-hybridized carbons (Fsp3) is 0. The molecule has 64 heavy (non-hydrogen) atoms. The van der Waals surface area contributed by atoms with Crippen LogP contribution in [0.1, 0.15) is 0 Å². The molecule has 298 valence electrons. The number of para-hydroxylation sites is 4. The molecule has 0 radical (unpaired) electrons. The fourth-order valence-corrected chi connectivity index (χ4v) is 9.64. The summed E-state index contributed by atoms with van der Waals surface area (Å²) in [7, 11) is 0. The highest BCUT2D eigenvalue weighted by Gasteiger charge is 2.21. The van der Waals surface area contributed by atoms with Crippen LogP contribution in [0.5, 0.6) is 0 Å². The van der Waals surface area contributed by atoms with E-state index in [1.165, 1.54) is 21.5 Å². The number of aromatic nitrogens is 6. The first-order chi connectivity index (χ1) is 31.7. The molecule has 0 atom stereocenters. The Morgan fingerprint density at radius 3 is 1.03 bits per heavy atom. The Morgan fingerprint density at radius 1 is 0.250 bits per heavy atom. The van der Waals surface area contributed by atoms with Crippen molar-refractivity contribution >= 4 is 65.4 Å². The monoisotopic (exact) mass is 816 g/mol. The van der Waals surface area contributed by atoms with E-state index in [1.807, 2.05) is 36.4 Å². The van der Waals surface area contributed by atoms with Crippen molar-refractivity contribution in [3.8, 4) is 56.7 Å². The van der Waals surface area contributed by atoms with Crippen LogP contribution < -0.4 is 0 Å². The zero-order valence-corrected chi connectivity index (χ0v) is 34.5. The average Bonchev–Trinajstić information content (AvgIpc) is 3.89. The van der Waals surface area contributed by atoms with Gasteiger partial charge < -0.3 is 9.13 Å². The minimum atomic E-state index is 0.704. The predicted molar refractivity (Wildman–Crippen MR) is 263 cm³/mol. The molecule has 4 heterocycles. The van der Waals surface area contributed by atoms with Crippen LogP contribution in [0.4, 0.5) is 0 Å². The molecule has 4 aromatic heterocycles. The lowest BCUT2D eigenvalue weighted by molar-refractivity contribution is 1.17. The first-order valence-corrected chi connectivity index (χ1v) is 21.6. The van der Waals surface area contributed by atoms with Gasteiger partial charge in [-0.05, 0) is 84.9 Å². The summed E-state index contributed by atoms with van der Waals surface area (Å²) in [6.45, 7) is 0. The summed E-state index contributed by atoms with van der Waals surface area (Å²) in [5.74, 6) is 1.41. The van der Waals surface area contributed by atoms with Crippen molar-refractivity contribution in [3.05, 3.63) is 218 Å². The molecule has 0 saturated heterocycles. The molecule has 0 aliphatic heterocycles. The van der Waals surface area contributed by atoms with E-state index < -0.39 is 0 Å². The summed E-state index contributed by atoms with van der Waals surface area (Å²) < 4.78 is 4.78. The molecule has 6 heteroatoms. The number of benzene rings is 9. The molecule has 0 aliphatic carbocycles. The van der Waals surface area contributed by atoms with Gasteiger partial charge in [-0.2, -0.15) is 0 Å². The van der Waals surface area contributed by atoms with Gasteiger partial charge in [0.1, 0.15) is 0 Å². The molecule has 0 N–H and O–H groups in total. The number of hydrogen-bond donors (Lipinski definition) is 0. The number of rotatable bonds is 6. The van der Waals surface area contributed by atoms with Crippen molar-refractivity contribution < 1.29 is 0 Å². The van der Waals surface area contributed by atoms with E-state index in [0.29, 0.717) is 11.6 Å². The third-order valence-corrected chi connectivity index (χ3v) is 12.5. The molecule has 0 spiro atoms. The Hall–Kier alpha value is -8.74. The second-order valence-electron chi connectivity index (χ2n) is 16.2. The van der Waals surface area contributed by atoms with E-state index in [2.05, 4.69) is 191 Å². The Labute approximate surface area is 368 Å². The van der Waals surface area contributed by atoms with Gasteiger partial charge in [0.25, 0.3) is 0 Å². The van der Waals surface area contributed by atoms with Crippen molar-refractivity contribution in [3.63, 3.8) is 0 Å². The first kappa shape index (κ1) is 36.0. The molecule has 13 aromatic rings. The standard InChI is InChI=1S/C58H36N6/c1-3-15-37(16-4-1)55-43-19-7-11-23-47(43)59-57(61-55)39-27-31-41(32-28-39)63-49-25-13-9-21-45(49)53-51(63)35-36-52-54(53)46-22-10-14-26-50(46)64(52)42-33-29-40(30-34-42)58-60-48-24-12-8-20-44(48)56(62-58)38-17-5-2-6-18-38/h1-36H. The van der Waals surface area contributed by atoms with Gasteiger partial charge in [0.2, 0.25) is 0 Å². The Balaban J connectivity index is 0.937. The molecule has 0 saturated carbocycles. The van der Waals surface area contributed by atoms with E-state index >= 15 is 0 Å². The average molecular weight is 817 g/mol. The van der Waals surface area contributed by atoms with Crippen LogP contribution in [0.25, 0.3) is 122 Å². The lowest BCUT2D eigenvalue weighted by Crippen LogP contribution is -1.97. The van der Waals surface area contributed by atoms with Crippen LogP contribution in [-0.2, 0) is 0 Å². The van der Waals surface area contributed by atoms with E-state index in [9.17, 15) is 0 Å². The molecule has 0 fully saturated rings. The molecule has 9 aromatic carbocycles. The van der Waals surface area contributed by atoms with Gasteiger partial charge in [0.05, 0.1) is 44.5 Å². The second kappa shape index (κ2) is 14.4. The van der Waals surface area contributed by atoms with Gasteiger partial charge in [0, 0.05) is 65.9 Å². The Bertz CT molecular complexity index is 3670. The zero-order valence-electron chi connectivity index (χ0n) is 34.5. The highest BCUT2D eigenvalue weighted by Crippen LogP contribution is 2.43. The number of hydrogen-bond acceptors (Lipinski definition) is 4. The van der Waals surface area contributed by atoms with Crippen LogP contribution in [-0.4, -0.2) is 29.1 Å². The van der Waals surface area contributed by atoms with Crippen LogP contribution >= 0.6 is 0 Å². The molecule has 13 rings (SSSR count). The summed E-state index contributed by atoms with van der Waals surface area (Å²) in [4.78, 5) is 20.4. The topological polar surface area (TPSA) is 61.4 Å². The molecule has 0 aliphatic rings. The van der Waals surface area contributed by atoms with Gasteiger partial charge >= 0.3 is 0 Å². The lowest BCUT2D eigenvalue weighted by Gasteiger charge is -2.12. The third kappa shape index (κ3) is 5.66. The summed E-state index contributed by atoms with van der Waals surface area (Å²) in [6.07, 6.45) is 0. The third-order valence-electron chi connectivity index (χ3n) is 12.5. The molecular formula is C58H36N6. The van der Waals surface area contributed by atoms with E-state index in [0.717, 1.165) is 88.9 Å². The lowest BCUT2D eigenvalue weighted by atomic mass is 10.1. The van der Waals surface area contributed by atoms with Crippen LogP contribution in [0, 0.1) is 0 Å². The maximum atomic E-state index is 5.14. The largest absolute Gasteiger partial charge is 0.309 e. The molecule has 0 amide bonds. The van der Waals surface area contributed by atoms with Crippen molar-refractivity contribution in [2.24, 2.45) is 0 Å². The number of nitrogens with zero attached hydrogens (tertiary/aromatic N) is 6. The second-order valence-corrected chi connectivity index (χ2v) is 16.2. The predicted octanol–water partition coefficient (Wildman–Crippen LogP) is 14.4. The Morgan fingerprint density at radius 2 is 0.609 bits per heavy atom. The van der Waals surface area contributed by atoms with Crippen LogP contribution in [0.15, 0.2) is 218 Å². The summed E-state index contributed by atoms with van der Waals surface area (Å²) in [5.41, 5.74) is 14.5. The molecule has 6 nitrogen and oxygen atoms in total. The minimum absolute atomic E-state index is 0.704. The Kier molecular flexibility index (Phi) is 8.11. The van der Waals surface area contributed by atoms with Gasteiger partial charge in [0.15, 0.2) is 11.6 Å². The molecule has 0 unspecified atom stereocenters. The summed E-state index contributed by atoms with van der Waals surface area (Å²) in [5, 5.41) is 6.95. The summed E-state index contributed by atoms with van der Waals surface area (Å²) >= 11 is 0. The maximum absolute atomic E-state index is 5.14. The smallest absolute Gasteiger partial charge is 0.160 e. The molecule has 0 bridgehead atoms. The van der Waals surface area contributed by atoms with Gasteiger partial charge in [-0.25, -0.2) is 19.9 Å². The first-order valence-electron chi connectivity index (χ1n) is 21.6. The summed E-state index contributed by atoms with van der Waals surface area (Å²) in [6, 6.07) is 76.6. The van der Waals surface area contributed by atoms with Crippen molar-refractivity contribution in [2.45, 2.75) is 0 Å². The fourth-order valence-electron chi connectivity index (χ4n) is 9.64. The normalized spacial score (nSPS) is 11.8. The zero-order chi connectivity index (χ0) is 42.1. The quantitative estimate of drug-likeness (QED) is 0.168. The highest BCUT2D eigenvalue weighted by molar-refractivity contribution is 6.29. The van der Waals surface area contributed by atoms with Crippen molar-refractivity contribution in [1.82, 2.24) is 29.1 Å². The van der Waals surface area contributed by atoms with Crippen LogP contribution in [0.3, 0.4) is 0 Å². The van der Waals surface area contributed by atoms with Gasteiger partial charge in [-0.15, -0.1) is 0 Å². The van der Waals surface area contributed by atoms with E-state index in [4.69, 9.17) is 19.9 Å². The number of fused-ring (bicyclic) bond motifs is 9. The van der Waals surface area contributed by atoms with Crippen LogP contribution in [0.2, 0.25) is 0 Å². The minimum Gasteiger partial charge on any atom is -0.309 e. The van der Waals surface area contributed by atoms with Gasteiger partial charge in [-0.1, -0.05) is 133 Å². The van der Waals surface area contributed by atoms with E-state index in [-0.39, 0.29) is 0 Å². The van der Waals surface area contributed by atoms with Crippen molar-refractivity contribution in [1.29, 1.82) is 0 Å². The maximum Gasteiger partial charge on any atom is 0.160 e. The van der Waals surface area contributed by atoms with Gasteiger partial charge in [-0.3, -0.25) is 0 Å². The highest BCUT2D eigenvalue weighted by atomic mass is 15.0.